The summed E-state index contributed by atoms with van der Waals surface area (Å²) in [5, 5.41) is 2.89. The maximum atomic E-state index is 12.4. The van der Waals surface area contributed by atoms with Gasteiger partial charge < -0.3 is 15.0 Å². The first-order chi connectivity index (χ1) is 12.4. The van der Waals surface area contributed by atoms with Gasteiger partial charge in [0.25, 0.3) is 5.91 Å². The predicted octanol–water partition coefficient (Wildman–Crippen LogP) is 2.82. The van der Waals surface area contributed by atoms with Crippen molar-refractivity contribution in [1.29, 1.82) is 0 Å². The van der Waals surface area contributed by atoms with Crippen LogP contribution < -0.4 is 10.2 Å². The van der Waals surface area contributed by atoms with Crippen LogP contribution in [0.3, 0.4) is 0 Å². The van der Waals surface area contributed by atoms with Gasteiger partial charge in [0, 0.05) is 25.3 Å². The number of ether oxygens (including phenoxy) is 1. The van der Waals surface area contributed by atoms with Crippen LogP contribution in [0.5, 0.6) is 0 Å². The van der Waals surface area contributed by atoms with Gasteiger partial charge in [0.05, 0.1) is 17.9 Å². The number of nitrogens with one attached hydrogen (secondary N) is 1. The van der Waals surface area contributed by atoms with E-state index in [0.717, 1.165) is 5.69 Å². The van der Waals surface area contributed by atoms with E-state index in [1.807, 2.05) is 44.3 Å². The molecule has 138 valence electrons. The molecule has 0 spiro atoms. The van der Waals surface area contributed by atoms with E-state index in [1.54, 1.807) is 26.0 Å². The number of pyridine rings is 1. The van der Waals surface area contributed by atoms with Crippen LogP contribution in [0.25, 0.3) is 0 Å². The van der Waals surface area contributed by atoms with Crippen molar-refractivity contribution < 1.29 is 14.3 Å². The molecule has 1 aromatic heterocycles. The molecule has 26 heavy (non-hydrogen) atoms. The number of benzene rings is 1. The van der Waals surface area contributed by atoms with Crippen molar-refractivity contribution in [2.75, 3.05) is 25.1 Å². The van der Waals surface area contributed by atoms with Gasteiger partial charge in [-0.1, -0.05) is 18.2 Å². The number of carbonyl (C=O) groups excluding carboxylic acids is 2. The fraction of sp³-hybridized carbons (Fsp3) is 0.350. The number of rotatable bonds is 7. The fourth-order valence-electron chi connectivity index (χ4n) is 2.50. The number of nitrogens with zero attached hydrogens (tertiary/aromatic N) is 2. The summed E-state index contributed by atoms with van der Waals surface area (Å²) in [7, 11) is 1.99. The molecule has 0 bridgehead atoms. The molecule has 6 nitrogen and oxygen atoms in total. The summed E-state index contributed by atoms with van der Waals surface area (Å²) >= 11 is 0. The lowest BCUT2D eigenvalue weighted by molar-refractivity contribution is 0.0524. The van der Waals surface area contributed by atoms with Crippen LogP contribution in [0.1, 0.15) is 40.4 Å². The zero-order valence-electron chi connectivity index (χ0n) is 15.7. The van der Waals surface area contributed by atoms with E-state index in [2.05, 4.69) is 15.2 Å². The Bertz CT molecular complexity index is 762. The average Bonchev–Trinajstić information content (AvgIpc) is 2.65. The molecule has 1 heterocycles. The highest BCUT2D eigenvalue weighted by atomic mass is 16.5. The summed E-state index contributed by atoms with van der Waals surface area (Å²) in [5.41, 5.74) is 2.22. The van der Waals surface area contributed by atoms with E-state index in [9.17, 15) is 9.59 Å². The van der Waals surface area contributed by atoms with E-state index in [1.165, 1.54) is 0 Å². The molecular formula is C20H25N3O3. The van der Waals surface area contributed by atoms with Gasteiger partial charge in [0.15, 0.2) is 0 Å². The lowest BCUT2D eigenvalue weighted by Crippen LogP contribution is -2.40. The molecule has 0 saturated heterocycles. The standard InChI is InChI=1S/C20H25N3O3/c1-5-26-20(25)17-11-12-18(22-15(17)3)19(24)21-13-14(2)23(4)16-9-7-6-8-10-16/h6-12,14H,5,13H2,1-4H3,(H,21,24). The molecule has 0 aliphatic carbocycles. The van der Waals surface area contributed by atoms with Crippen molar-refractivity contribution in [1.82, 2.24) is 10.3 Å². The Kier molecular flexibility index (Phi) is 6.72. The van der Waals surface area contributed by atoms with Gasteiger partial charge >= 0.3 is 5.97 Å². The summed E-state index contributed by atoms with van der Waals surface area (Å²) in [4.78, 5) is 30.5. The zero-order chi connectivity index (χ0) is 19.1. The summed E-state index contributed by atoms with van der Waals surface area (Å²) in [6.07, 6.45) is 0. The van der Waals surface area contributed by atoms with Gasteiger partial charge in [0.1, 0.15) is 5.69 Å². The Morgan fingerprint density at radius 2 is 1.88 bits per heavy atom. The van der Waals surface area contributed by atoms with Gasteiger partial charge in [-0.15, -0.1) is 0 Å². The molecule has 0 aliphatic heterocycles. The van der Waals surface area contributed by atoms with Gasteiger partial charge in [-0.25, -0.2) is 9.78 Å². The number of hydrogen-bond acceptors (Lipinski definition) is 5. The minimum Gasteiger partial charge on any atom is -0.462 e. The molecule has 2 rings (SSSR count). The number of para-hydroxylation sites is 1. The maximum Gasteiger partial charge on any atom is 0.339 e. The SMILES string of the molecule is CCOC(=O)c1ccc(C(=O)NCC(C)N(C)c2ccccc2)nc1C. The Balaban J connectivity index is 1.97. The Morgan fingerprint density at radius 3 is 2.50 bits per heavy atom. The second kappa shape index (κ2) is 8.99. The van der Waals surface area contributed by atoms with Gasteiger partial charge in [-0.3, -0.25) is 4.79 Å². The average molecular weight is 355 g/mol. The predicted molar refractivity (Wildman–Crippen MR) is 102 cm³/mol. The summed E-state index contributed by atoms with van der Waals surface area (Å²) in [6, 6.07) is 13.2. The molecule has 0 saturated carbocycles. The number of anilines is 1. The Morgan fingerprint density at radius 1 is 1.19 bits per heavy atom. The number of amides is 1. The van der Waals surface area contributed by atoms with E-state index in [0.29, 0.717) is 24.4 Å². The first kappa shape index (κ1) is 19.4. The normalized spacial score (nSPS) is 11.5. The van der Waals surface area contributed by atoms with E-state index in [4.69, 9.17) is 4.74 Å². The van der Waals surface area contributed by atoms with Gasteiger partial charge in [-0.2, -0.15) is 0 Å². The smallest absolute Gasteiger partial charge is 0.339 e. The molecule has 0 radical (unpaired) electrons. The largest absolute Gasteiger partial charge is 0.462 e. The topological polar surface area (TPSA) is 71.5 Å². The van der Waals surface area contributed by atoms with Crippen LogP contribution in [-0.4, -0.2) is 43.1 Å². The molecule has 2 aromatic rings. The minimum atomic E-state index is -0.428. The molecule has 1 amide bonds. The number of likely N-dealkylation sites (N-methyl/N-ethyl adjacent to an activating group) is 1. The van der Waals surface area contributed by atoms with Crippen molar-refractivity contribution in [3.05, 3.63) is 59.4 Å². The van der Waals surface area contributed by atoms with Crippen molar-refractivity contribution in [3.63, 3.8) is 0 Å². The van der Waals surface area contributed by atoms with Crippen LogP contribution in [0, 0.1) is 6.92 Å². The third-order valence-corrected chi connectivity index (χ3v) is 4.20. The number of aryl methyl sites for hydroxylation is 1. The highest BCUT2D eigenvalue weighted by Gasteiger charge is 2.16. The second-order valence-corrected chi connectivity index (χ2v) is 6.06. The summed E-state index contributed by atoms with van der Waals surface area (Å²) in [6.45, 7) is 6.25. The van der Waals surface area contributed by atoms with Crippen molar-refractivity contribution >= 4 is 17.6 Å². The summed E-state index contributed by atoms with van der Waals surface area (Å²) < 4.78 is 4.97. The zero-order valence-corrected chi connectivity index (χ0v) is 15.7. The molecule has 0 aliphatic rings. The second-order valence-electron chi connectivity index (χ2n) is 6.06. The number of hydrogen-bond donors (Lipinski definition) is 1. The highest BCUT2D eigenvalue weighted by molar-refractivity contribution is 5.95. The molecule has 1 N–H and O–H groups in total. The molecule has 1 unspecified atom stereocenters. The monoisotopic (exact) mass is 355 g/mol. The molecule has 1 aromatic carbocycles. The van der Waals surface area contributed by atoms with Crippen LogP contribution in [0.2, 0.25) is 0 Å². The lowest BCUT2D eigenvalue weighted by Gasteiger charge is -2.27. The molecule has 1 atom stereocenters. The third-order valence-electron chi connectivity index (χ3n) is 4.20. The van der Waals surface area contributed by atoms with Crippen molar-refractivity contribution in [2.24, 2.45) is 0 Å². The van der Waals surface area contributed by atoms with Gasteiger partial charge in [-0.05, 0) is 45.0 Å². The first-order valence-electron chi connectivity index (χ1n) is 8.64. The Hall–Kier alpha value is -2.89. The number of aromatic nitrogens is 1. The van der Waals surface area contributed by atoms with Gasteiger partial charge in [0.2, 0.25) is 0 Å². The molecule has 0 fully saturated rings. The van der Waals surface area contributed by atoms with Crippen LogP contribution in [0.15, 0.2) is 42.5 Å². The fourth-order valence-corrected chi connectivity index (χ4v) is 2.50. The van der Waals surface area contributed by atoms with Crippen LogP contribution in [0.4, 0.5) is 5.69 Å². The Labute approximate surface area is 154 Å². The van der Waals surface area contributed by atoms with E-state index in [-0.39, 0.29) is 17.6 Å². The van der Waals surface area contributed by atoms with E-state index >= 15 is 0 Å². The van der Waals surface area contributed by atoms with Crippen LogP contribution in [-0.2, 0) is 4.74 Å². The number of esters is 1. The highest BCUT2D eigenvalue weighted by Crippen LogP contribution is 2.14. The van der Waals surface area contributed by atoms with Crippen molar-refractivity contribution in [2.45, 2.75) is 26.8 Å². The van der Waals surface area contributed by atoms with E-state index < -0.39 is 5.97 Å². The van der Waals surface area contributed by atoms with Crippen LogP contribution >= 0.6 is 0 Å². The lowest BCUT2D eigenvalue weighted by atomic mass is 10.2. The third kappa shape index (κ3) is 4.81. The first-order valence-corrected chi connectivity index (χ1v) is 8.64. The molecular weight excluding hydrogens is 330 g/mol. The molecule has 6 heteroatoms. The quantitative estimate of drug-likeness (QED) is 0.773. The maximum absolute atomic E-state index is 12.4. The summed E-state index contributed by atoms with van der Waals surface area (Å²) in [5.74, 6) is -0.695. The minimum absolute atomic E-state index is 0.112. The number of carbonyl (C=O) groups is 2. The van der Waals surface area contributed by atoms with Crippen molar-refractivity contribution in [3.8, 4) is 0 Å².